The van der Waals surface area contributed by atoms with Crippen LogP contribution in [0.15, 0.2) is 48.7 Å². The lowest BCUT2D eigenvalue weighted by Crippen LogP contribution is -2.48. The Labute approximate surface area is 218 Å². The highest BCUT2D eigenvalue weighted by Crippen LogP contribution is 2.29. The molecule has 0 spiro atoms. The van der Waals surface area contributed by atoms with Gasteiger partial charge >= 0.3 is 0 Å². The van der Waals surface area contributed by atoms with Crippen LogP contribution in [0.4, 0.5) is 17.5 Å². The SMILES string of the molecule is CNc1nc(Nc2ccc(C(=O)N3CCN(Cc4cccc(CBr)c4)CC3)cc2OC)ncc1Cl. The van der Waals surface area contributed by atoms with E-state index in [0.717, 1.165) is 25.0 Å². The van der Waals surface area contributed by atoms with Crippen LogP contribution in [0, 0.1) is 0 Å². The molecule has 184 valence electrons. The molecule has 1 amide bonds. The van der Waals surface area contributed by atoms with Crippen molar-refractivity contribution in [1.82, 2.24) is 19.8 Å². The third kappa shape index (κ3) is 6.22. The van der Waals surface area contributed by atoms with E-state index >= 15 is 0 Å². The molecule has 0 atom stereocenters. The molecular weight excluding hydrogens is 532 g/mol. The first-order valence-corrected chi connectivity index (χ1v) is 12.8. The average Bonchev–Trinajstić information content (AvgIpc) is 2.90. The molecule has 0 unspecified atom stereocenters. The summed E-state index contributed by atoms with van der Waals surface area (Å²) in [5.74, 6) is 1.42. The van der Waals surface area contributed by atoms with Crippen molar-refractivity contribution in [3.05, 3.63) is 70.4 Å². The second kappa shape index (κ2) is 11.7. The van der Waals surface area contributed by atoms with Crippen molar-refractivity contribution >= 4 is 50.9 Å². The van der Waals surface area contributed by atoms with Gasteiger partial charge in [-0.25, -0.2) is 4.98 Å². The van der Waals surface area contributed by atoms with Crippen LogP contribution in [0.1, 0.15) is 21.5 Å². The van der Waals surface area contributed by atoms with Crippen LogP contribution in [0.2, 0.25) is 5.02 Å². The summed E-state index contributed by atoms with van der Waals surface area (Å²) in [7, 11) is 3.31. The van der Waals surface area contributed by atoms with E-state index in [2.05, 4.69) is 65.7 Å². The van der Waals surface area contributed by atoms with Crippen LogP contribution < -0.4 is 15.4 Å². The summed E-state index contributed by atoms with van der Waals surface area (Å²) in [5.41, 5.74) is 3.80. The number of carbonyl (C=O) groups excluding carboxylic acids is 1. The number of nitrogens with one attached hydrogen (secondary N) is 2. The Morgan fingerprint density at radius 2 is 1.91 bits per heavy atom. The number of hydrogen-bond acceptors (Lipinski definition) is 7. The zero-order chi connectivity index (χ0) is 24.8. The minimum atomic E-state index is -0.00371. The van der Waals surface area contributed by atoms with E-state index in [-0.39, 0.29) is 5.91 Å². The molecule has 3 aromatic rings. The maximum absolute atomic E-state index is 13.2. The van der Waals surface area contributed by atoms with Gasteiger partial charge in [0.2, 0.25) is 5.95 Å². The molecule has 1 aliphatic rings. The van der Waals surface area contributed by atoms with E-state index in [1.165, 1.54) is 17.3 Å². The summed E-state index contributed by atoms with van der Waals surface area (Å²) in [6.07, 6.45) is 1.52. The third-order valence-electron chi connectivity index (χ3n) is 5.89. The molecule has 8 nitrogen and oxygen atoms in total. The van der Waals surface area contributed by atoms with Crippen molar-refractivity contribution in [2.45, 2.75) is 11.9 Å². The molecule has 2 aromatic carbocycles. The number of aromatic nitrogens is 2. The highest BCUT2D eigenvalue weighted by molar-refractivity contribution is 9.08. The van der Waals surface area contributed by atoms with Crippen molar-refractivity contribution in [1.29, 1.82) is 0 Å². The van der Waals surface area contributed by atoms with Gasteiger partial charge in [-0.3, -0.25) is 9.69 Å². The molecule has 0 bridgehead atoms. The minimum absolute atomic E-state index is 0.00371. The molecule has 10 heteroatoms. The minimum Gasteiger partial charge on any atom is -0.495 e. The van der Waals surface area contributed by atoms with Gasteiger partial charge in [0.05, 0.1) is 19.0 Å². The van der Waals surface area contributed by atoms with Crippen molar-refractivity contribution < 1.29 is 9.53 Å². The predicted molar refractivity (Wildman–Crippen MR) is 143 cm³/mol. The number of hydrogen-bond donors (Lipinski definition) is 2. The maximum Gasteiger partial charge on any atom is 0.254 e. The van der Waals surface area contributed by atoms with Gasteiger partial charge in [-0.05, 0) is 29.3 Å². The Hall–Kier alpha value is -2.88. The summed E-state index contributed by atoms with van der Waals surface area (Å²) >= 11 is 9.58. The van der Waals surface area contributed by atoms with Gasteiger partial charge in [-0.1, -0.05) is 51.8 Å². The standard InChI is InChI=1S/C25H28BrClN6O2/c1-28-23-20(27)15-29-25(31-23)30-21-7-6-19(13-22(21)35-2)24(34)33-10-8-32(9-11-33)16-18-5-3-4-17(12-18)14-26/h3-7,12-13,15H,8-11,14,16H2,1-2H3,(H2,28,29,30,31). The molecule has 35 heavy (non-hydrogen) atoms. The average molecular weight is 560 g/mol. The topological polar surface area (TPSA) is 82.6 Å². The Kier molecular flexibility index (Phi) is 8.43. The van der Waals surface area contributed by atoms with Crippen LogP contribution in [0.5, 0.6) is 5.75 Å². The van der Waals surface area contributed by atoms with Crippen molar-refractivity contribution in [2.24, 2.45) is 0 Å². The van der Waals surface area contributed by atoms with Crippen LogP contribution >= 0.6 is 27.5 Å². The largest absolute Gasteiger partial charge is 0.495 e. The zero-order valence-corrected chi connectivity index (χ0v) is 22.1. The lowest BCUT2D eigenvalue weighted by Gasteiger charge is -2.35. The lowest BCUT2D eigenvalue weighted by atomic mass is 10.1. The van der Waals surface area contributed by atoms with E-state index in [0.29, 0.717) is 46.9 Å². The van der Waals surface area contributed by atoms with Gasteiger partial charge in [0.1, 0.15) is 16.6 Å². The van der Waals surface area contributed by atoms with E-state index in [9.17, 15) is 4.79 Å². The van der Waals surface area contributed by atoms with Crippen LogP contribution in [0.25, 0.3) is 0 Å². The molecular formula is C25H28BrClN6O2. The zero-order valence-electron chi connectivity index (χ0n) is 19.7. The lowest BCUT2D eigenvalue weighted by molar-refractivity contribution is 0.0628. The van der Waals surface area contributed by atoms with Crippen LogP contribution in [-0.4, -0.2) is 66.0 Å². The fraction of sp³-hybridized carbons (Fsp3) is 0.320. The Morgan fingerprint density at radius 3 is 2.63 bits per heavy atom. The third-order valence-corrected chi connectivity index (χ3v) is 6.81. The van der Waals surface area contributed by atoms with Gasteiger partial charge < -0.3 is 20.3 Å². The van der Waals surface area contributed by atoms with Gasteiger partial charge in [0, 0.05) is 50.7 Å². The van der Waals surface area contributed by atoms with E-state index in [1.54, 1.807) is 32.4 Å². The van der Waals surface area contributed by atoms with Crippen LogP contribution in [0.3, 0.4) is 0 Å². The number of carbonyl (C=O) groups is 1. The number of nitrogens with zero attached hydrogens (tertiary/aromatic N) is 4. The summed E-state index contributed by atoms with van der Waals surface area (Å²) in [5, 5.41) is 7.33. The molecule has 0 saturated carbocycles. The molecule has 0 aliphatic carbocycles. The summed E-state index contributed by atoms with van der Waals surface area (Å²) in [6, 6.07) is 13.9. The number of halogens is 2. The molecule has 1 aromatic heterocycles. The number of amides is 1. The molecule has 4 rings (SSSR count). The van der Waals surface area contributed by atoms with Crippen LogP contribution in [-0.2, 0) is 11.9 Å². The second-order valence-electron chi connectivity index (χ2n) is 8.20. The molecule has 1 fully saturated rings. The number of benzene rings is 2. The molecule has 0 radical (unpaired) electrons. The number of rotatable bonds is 8. The molecule has 2 heterocycles. The number of ether oxygens (including phenoxy) is 1. The Bertz CT molecular complexity index is 1190. The highest BCUT2D eigenvalue weighted by Gasteiger charge is 2.23. The van der Waals surface area contributed by atoms with Gasteiger partial charge in [-0.15, -0.1) is 0 Å². The second-order valence-corrected chi connectivity index (χ2v) is 9.17. The quantitative estimate of drug-likeness (QED) is 0.385. The summed E-state index contributed by atoms with van der Waals surface area (Å²) in [4.78, 5) is 26.0. The number of piperazine rings is 1. The fourth-order valence-corrected chi connectivity index (χ4v) is 4.55. The highest BCUT2D eigenvalue weighted by atomic mass is 79.9. The van der Waals surface area contributed by atoms with E-state index in [4.69, 9.17) is 16.3 Å². The van der Waals surface area contributed by atoms with Crippen molar-refractivity contribution in [2.75, 3.05) is 51.0 Å². The molecule has 2 N–H and O–H groups in total. The summed E-state index contributed by atoms with van der Waals surface area (Å²) in [6.45, 7) is 3.93. The van der Waals surface area contributed by atoms with Gasteiger partial charge in [0.15, 0.2) is 0 Å². The van der Waals surface area contributed by atoms with Gasteiger partial charge in [-0.2, -0.15) is 4.98 Å². The first-order valence-electron chi connectivity index (χ1n) is 11.3. The normalized spacial score (nSPS) is 14.0. The summed E-state index contributed by atoms with van der Waals surface area (Å²) < 4.78 is 5.54. The number of methoxy groups -OCH3 is 1. The van der Waals surface area contributed by atoms with Crippen molar-refractivity contribution in [3.63, 3.8) is 0 Å². The maximum atomic E-state index is 13.2. The first-order chi connectivity index (χ1) is 17.0. The molecule has 1 saturated heterocycles. The smallest absolute Gasteiger partial charge is 0.254 e. The number of anilines is 3. The fourth-order valence-electron chi connectivity index (χ4n) is 4.01. The first kappa shape index (κ1) is 25.2. The predicted octanol–water partition coefficient (Wildman–Crippen LogP) is 4.78. The van der Waals surface area contributed by atoms with E-state index < -0.39 is 0 Å². The van der Waals surface area contributed by atoms with Crippen molar-refractivity contribution in [3.8, 4) is 5.75 Å². The monoisotopic (exact) mass is 558 g/mol. The molecule has 1 aliphatic heterocycles. The van der Waals surface area contributed by atoms with Gasteiger partial charge in [0.25, 0.3) is 5.91 Å². The Balaban J connectivity index is 1.39. The Morgan fingerprint density at radius 1 is 1.14 bits per heavy atom. The number of alkyl halides is 1. The van der Waals surface area contributed by atoms with E-state index in [1.807, 2.05) is 4.90 Å².